The number of hydrogen-bond donors (Lipinski definition) is 1. The van der Waals surface area contributed by atoms with Gasteiger partial charge in [0, 0.05) is 26.3 Å². The number of carbonyl (C=O) groups excluding carboxylic acids is 2. The van der Waals surface area contributed by atoms with E-state index in [9.17, 15) is 14.0 Å². The van der Waals surface area contributed by atoms with Crippen molar-refractivity contribution in [1.29, 1.82) is 0 Å². The van der Waals surface area contributed by atoms with Crippen LogP contribution in [0.4, 0.5) is 4.39 Å². The van der Waals surface area contributed by atoms with Crippen LogP contribution in [0.5, 0.6) is 11.5 Å². The van der Waals surface area contributed by atoms with Gasteiger partial charge in [0.25, 0.3) is 5.91 Å². The fourth-order valence-electron chi connectivity index (χ4n) is 3.17. The largest absolute Gasteiger partial charge is 0.487 e. The fraction of sp³-hybridized carbons (Fsp3) is 0.381. The van der Waals surface area contributed by atoms with Gasteiger partial charge in [-0.2, -0.15) is 0 Å². The molecule has 0 spiro atoms. The summed E-state index contributed by atoms with van der Waals surface area (Å²) >= 11 is 0. The van der Waals surface area contributed by atoms with Crippen LogP contribution < -0.4 is 14.8 Å². The second-order valence-electron chi connectivity index (χ2n) is 6.75. The highest BCUT2D eigenvalue weighted by molar-refractivity contribution is 5.89. The lowest BCUT2D eigenvalue weighted by molar-refractivity contribution is -0.140. The highest BCUT2D eigenvalue weighted by Crippen LogP contribution is 2.23. The van der Waals surface area contributed by atoms with Crippen LogP contribution in [0, 0.1) is 5.82 Å². The number of likely N-dealkylation sites (tertiary alicyclic amines) is 1. The van der Waals surface area contributed by atoms with Crippen LogP contribution >= 0.6 is 0 Å². The fourth-order valence-corrected chi connectivity index (χ4v) is 3.17. The molecular weight excluding hydrogens is 393 g/mol. The highest BCUT2D eigenvalue weighted by Gasteiger charge is 2.40. The van der Waals surface area contributed by atoms with Crippen molar-refractivity contribution in [3.63, 3.8) is 0 Å². The number of benzene rings is 1. The predicted octanol–water partition coefficient (Wildman–Crippen LogP) is 1.41. The molecule has 9 heteroatoms. The number of ether oxygens (including phenoxy) is 3. The van der Waals surface area contributed by atoms with Crippen LogP contribution in [0.2, 0.25) is 0 Å². The van der Waals surface area contributed by atoms with Gasteiger partial charge in [-0.1, -0.05) is 0 Å². The van der Waals surface area contributed by atoms with Crippen LogP contribution in [-0.2, 0) is 14.3 Å². The monoisotopic (exact) mass is 417 g/mol. The molecule has 1 fully saturated rings. The van der Waals surface area contributed by atoms with E-state index in [-0.39, 0.29) is 31.1 Å². The Morgan fingerprint density at radius 3 is 2.73 bits per heavy atom. The molecule has 0 radical (unpaired) electrons. The molecule has 1 saturated heterocycles. The Hall–Kier alpha value is -3.20. The first-order valence-corrected chi connectivity index (χ1v) is 9.58. The van der Waals surface area contributed by atoms with Gasteiger partial charge in [-0.15, -0.1) is 0 Å². The minimum absolute atomic E-state index is 0.239. The number of hydrogen-bond acceptors (Lipinski definition) is 6. The number of rotatable bonds is 9. The summed E-state index contributed by atoms with van der Waals surface area (Å²) in [5, 5.41) is 2.77. The molecule has 0 saturated carbocycles. The quantitative estimate of drug-likeness (QED) is 0.621. The van der Waals surface area contributed by atoms with E-state index in [1.807, 2.05) is 0 Å². The van der Waals surface area contributed by atoms with Gasteiger partial charge in [0.2, 0.25) is 5.91 Å². The van der Waals surface area contributed by atoms with Crippen LogP contribution in [0.1, 0.15) is 6.42 Å². The summed E-state index contributed by atoms with van der Waals surface area (Å²) in [5.41, 5.74) is 0. The lowest BCUT2D eigenvalue weighted by Gasteiger charge is -2.23. The number of halogens is 1. The molecule has 2 aromatic rings. The van der Waals surface area contributed by atoms with Crippen LogP contribution in [-0.4, -0.2) is 67.3 Å². The van der Waals surface area contributed by atoms with Crippen molar-refractivity contribution in [3.8, 4) is 11.5 Å². The van der Waals surface area contributed by atoms with E-state index in [1.165, 1.54) is 29.2 Å². The summed E-state index contributed by atoms with van der Waals surface area (Å²) in [4.78, 5) is 30.9. The maximum Gasteiger partial charge on any atom is 0.261 e. The Bertz CT molecular complexity index is 834. The third-order valence-electron chi connectivity index (χ3n) is 4.60. The van der Waals surface area contributed by atoms with Gasteiger partial charge < -0.3 is 24.4 Å². The molecule has 8 nitrogen and oxygen atoms in total. The van der Waals surface area contributed by atoms with Crippen molar-refractivity contribution in [2.75, 3.05) is 33.4 Å². The maximum absolute atomic E-state index is 13.0. The molecule has 1 aromatic carbocycles. The summed E-state index contributed by atoms with van der Waals surface area (Å²) in [5.74, 6) is -0.0921. The second kappa shape index (κ2) is 10.5. The predicted molar refractivity (Wildman–Crippen MR) is 106 cm³/mol. The number of nitrogens with one attached hydrogen (secondary N) is 1. The number of aromatic nitrogens is 1. The third kappa shape index (κ3) is 5.90. The number of nitrogens with zero attached hydrogens (tertiary/aromatic N) is 2. The first-order valence-electron chi connectivity index (χ1n) is 9.58. The molecule has 0 bridgehead atoms. The molecule has 2 atom stereocenters. The zero-order chi connectivity index (χ0) is 21.3. The van der Waals surface area contributed by atoms with Gasteiger partial charge in [-0.25, -0.2) is 4.39 Å². The summed E-state index contributed by atoms with van der Waals surface area (Å²) in [6.45, 7) is 0.680. The molecule has 0 unspecified atom stereocenters. The highest BCUT2D eigenvalue weighted by atomic mass is 19.1. The lowest BCUT2D eigenvalue weighted by atomic mass is 10.2. The molecule has 0 aliphatic carbocycles. The third-order valence-corrected chi connectivity index (χ3v) is 4.60. The summed E-state index contributed by atoms with van der Waals surface area (Å²) in [7, 11) is 1.54. The van der Waals surface area contributed by atoms with Gasteiger partial charge in [0.05, 0.1) is 19.3 Å². The van der Waals surface area contributed by atoms with Crippen LogP contribution in [0.3, 0.4) is 0 Å². The number of methoxy groups -OCH3 is 1. The van der Waals surface area contributed by atoms with E-state index < -0.39 is 11.9 Å². The lowest BCUT2D eigenvalue weighted by Crippen LogP contribution is -2.48. The Kier molecular flexibility index (Phi) is 7.56. The van der Waals surface area contributed by atoms with Crippen LogP contribution in [0.15, 0.2) is 48.8 Å². The molecule has 1 aliphatic rings. The minimum atomic E-state index is -0.687. The Labute approximate surface area is 173 Å². The molecule has 30 heavy (non-hydrogen) atoms. The van der Waals surface area contributed by atoms with Crippen molar-refractivity contribution < 1.29 is 28.2 Å². The SMILES string of the molecule is COCCNC(=O)[C@@H]1C[C@H](Oc2cccnc2)CN1C(=O)COc1ccc(F)cc1. The van der Waals surface area contributed by atoms with E-state index in [4.69, 9.17) is 14.2 Å². The summed E-state index contributed by atoms with van der Waals surface area (Å²) in [6, 6.07) is 8.21. The smallest absolute Gasteiger partial charge is 0.261 e. The molecule has 1 N–H and O–H groups in total. The van der Waals surface area contributed by atoms with E-state index in [1.54, 1.807) is 31.6 Å². The van der Waals surface area contributed by atoms with Gasteiger partial charge >= 0.3 is 0 Å². The Morgan fingerprint density at radius 2 is 2.03 bits per heavy atom. The van der Waals surface area contributed by atoms with Crippen LogP contribution in [0.25, 0.3) is 0 Å². The molecule has 2 heterocycles. The standard InChI is InChI=1S/C21H24FN3O5/c1-28-10-9-24-21(27)19-11-18(30-17-3-2-8-23-12-17)13-25(19)20(26)14-29-16-6-4-15(22)5-7-16/h2-8,12,18-19H,9-11,13-14H2,1H3,(H,24,27)/t18-,19-/m0/s1. The Balaban J connectivity index is 1.64. The van der Waals surface area contributed by atoms with Gasteiger partial charge in [0.1, 0.15) is 29.5 Å². The van der Waals surface area contributed by atoms with Crippen molar-refractivity contribution in [2.24, 2.45) is 0 Å². The molecule has 1 aliphatic heterocycles. The number of amides is 2. The molecule has 2 amide bonds. The van der Waals surface area contributed by atoms with E-state index in [0.717, 1.165) is 0 Å². The normalized spacial score (nSPS) is 18.1. The average Bonchev–Trinajstić information content (AvgIpc) is 3.18. The summed E-state index contributed by atoms with van der Waals surface area (Å²) in [6.07, 6.45) is 3.20. The van der Waals surface area contributed by atoms with E-state index in [0.29, 0.717) is 31.1 Å². The topological polar surface area (TPSA) is 90.0 Å². The first-order chi connectivity index (χ1) is 14.6. The van der Waals surface area contributed by atoms with Gasteiger partial charge in [-0.05, 0) is 36.4 Å². The number of carbonyl (C=O) groups is 2. The molecule has 1 aromatic heterocycles. The van der Waals surface area contributed by atoms with Gasteiger partial charge in [-0.3, -0.25) is 14.6 Å². The first kappa shape index (κ1) is 21.5. The molecule has 3 rings (SSSR count). The van der Waals surface area contributed by atoms with E-state index in [2.05, 4.69) is 10.3 Å². The van der Waals surface area contributed by atoms with Crippen molar-refractivity contribution in [1.82, 2.24) is 15.2 Å². The summed E-state index contributed by atoms with van der Waals surface area (Å²) < 4.78 is 29.3. The zero-order valence-electron chi connectivity index (χ0n) is 16.6. The number of pyridine rings is 1. The van der Waals surface area contributed by atoms with Crippen molar-refractivity contribution in [2.45, 2.75) is 18.6 Å². The molecular formula is C21H24FN3O5. The van der Waals surface area contributed by atoms with Crippen molar-refractivity contribution in [3.05, 3.63) is 54.6 Å². The van der Waals surface area contributed by atoms with E-state index >= 15 is 0 Å². The van der Waals surface area contributed by atoms with Crippen molar-refractivity contribution >= 4 is 11.8 Å². The maximum atomic E-state index is 13.0. The Morgan fingerprint density at radius 1 is 1.23 bits per heavy atom. The second-order valence-corrected chi connectivity index (χ2v) is 6.75. The molecule has 160 valence electrons. The minimum Gasteiger partial charge on any atom is -0.487 e. The van der Waals surface area contributed by atoms with Gasteiger partial charge in [0.15, 0.2) is 6.61 Å². The average molecular weight is 417 g/mol. The zero-order valence-corrected chi connectivity index (χ0v) is 16.6.